The summed E-state index contributed by atoms with van der Waals surface area (Å²) >= 11 is 1.48. The summed E-state index contributed by atoms with van der Waals surface area (Å²) in [4.78, 5) is 8.96. The Kier molecular flexibility index (Phi) is 2.79. The Bertz CT molecular complexity index is 757. The van der Waals surface area contributed by atoms with E-state index < -0.39 is 5.82 Å². The number of ether oxygens (including phenoxy) is 1. The molecule has 0 fully saturated rings. The summed E-state index contributed by atoms with van der Waals surface area (Å²) in [6, 6.07) is 4.65. The van der Waals surface area contributed by atoms with Crippen molar-refractivity contribution in [2.75, 3.05) is 5.73 Å². The summed E-state index contributed by atoms with van der Waals surface area (Å²) in [6.07, 6.45) is 1.40. The van der Waals surface area contributed by atoms with Crippen LogP contribution in [0.1, 0.15) is 5.56 Å². The molecule has 0 saturated carbocycles. The van der Waals surface area contributed by atoms with Crippen LogP contribution < -0.4 is 10.5 Å². The first-order valence-electron chi connectivity index (χ1n) is 5.57. The van der Waals surface area contributed by atoms with Gasteiger partial charge in [0.2, 0.25) is 5.88 Å². The number of hydrogen-bond acceptors (Lipinski definition) is 5. The molecule has 2 N–H and O–H groups in total. The Balaban J connectivity index is 2.06. The molecule has 0 spiro atoms. The second-order valence-corrected chi connectivity index (χ2v) is 4.95. The molecule has 0 aliphatic carbocycles. The van der Waals surface area contributed by atoms with Crippen molar-refractivity contribution >= 4 is 27.2 Å². The highest BCUT2D eigenvalue weighted by molar-refractivity contribution is 7.16. The number of thiophene rings is 1. The molecular weight excluding hydrogens is 265 g/mol. The van der Waals surface area contributed by atoms with Crippen LogP contribution in [-0.4, -0.2) is 9.97 Å². The van der Waals surface area contributed by atoms with Crippen molar-refractivity contribution in [3.05, 3.63) is 41.3 Å². The van der Waals surface area contributed by atoms with E-state index in [1.807, 2.05) is 11.4 Å². The number of nitrogens with zero attached hydrogens (tertiary/aromatic N) is 2. The highest BCUT2D eigenvalue weighted by Crippen LogP contribution is 2.32. The van der Waals surface area contributed by atoms with Crippen LogP contribution in [0, 0.1) is 12.7 Å². The van der Waals surface area contributed by atoms with E-state index in [2.05, 4.69) is 9.97 Å². The number of nitrogen functional groups attached to an aromatic ring is 1. The van der Waals surface area contributed by atoms with Gasteiger partial charge < -0.3 is 10.5 Å². The van der Waals surface area contributed by atoms with E-state index in [0.717, 1.165) is 15.8 Å². The zero-order valence-corrected chi connectivity index (χ0v) is 10.9. The van der Waals surface area contributed by atoms with Gasteiger partial charge in [0, 0.05) is 11.8 Å². The molecule has 4 nitrogen and oxygen atoms in total. The maximum atomic E-state index is 13.8. The molecule has 6 heteroatoms. The summed E-state index contributed by atoms with van der Waals surface area (Å²) in [7, 11) is 0. The molecule has 0 aliphatic heterocycles. The fraction of sp³-hybridized carbons (Fsp3) is 0.0769. The smallest absolute Gasteiger partial charge is 0.231 e. The van der Waals surface area contributed by atoms with E-state index in [1.165, 1.54) is 23.7 Å². The highest BCUT2D eigenvalue weighted by atomic mass is 32.1. The Hall–Kier alpha value is -2.21. The average molecular weight is 275 g/mol. The van der Waals surface area contributed by atoms with Gasteiger partial charge in [-0.3, -0.25) is 0 Å². The lowest BCUT2D eigenvalue weighted by Crippen LogP contribution is -1.96. The largest absolute Gasteiger partial charge is 0.435 e. The number of hydrogen-bond donors (Lipinski definition) is 1. The SMILES string of the molecule is Cc1cc(Oc2ncnc3sccc23)c(F)cc1N. The minimum absolute atomic E-state index is 0.109. The maximum absolute atomic E-state index is 13.8. The van der Waals surface area contributed by atoms with Gasteiger partial charge in [-0.1, -0.05) is 0 Å². The summed E-state index contributed by atoms with van der Waals surface area (Å²) in [6.45, 7) is 1.79. The predicted octanol–water partition coefficient (Wildman–Crippen LogP) is 3.51. The van der Waals surface area contributed by atoms with E-state index in [1.54, 1.807) is 13.0 Å². The molecular formula is C13H10FN3OS. The lowest BCUT2D eigenvalue weighted by molar-refractivity contribution is 0.431. The Morgan fingerprint density at radius 2 is 2.16 bits per heavy atom. The molecule has 0 bridgehead atoms. The zero-order chi connectivity index (χ0) is 13.4. The van der Waals surface area contributed by atoms with Crippen LogP contribution in [-0.2, 0) is 0 Å². The number of aromatic nitrogens is 2. The first-order valence-corrected chi connectivity index (χ1v) is 6.45. The molecule has 2 heterocycles. The summed E-state index contributed by atoms with van der Waals surface area (Å²) in [5, 5.41) is 2.65. The van der Waals surface area contributed by atoms with E-state index in [9.17, 15) is 4.39 Å². The summed E-state index contributed by atoms with van der Waals surface area (Å²) < 4.78 is 19.3. The Morgan fingerprint density at radius 3 is 3.00 bits per heavy atom. The van der Waals surface area contributed by atoms with Crippen molar-refractivity contribution in [2.24, 2.45) is 0 Å². The van der Waals surface area contributed by atoms with Crippen LogP contribution in [0.15, 0.2) is 29.9 Å². The van der Waals surface area contributed by atoms with Gasteiger partial charge in [0.1, 0.15) is 11.2 Å². The minimum atomic E-state index is -0.509. The van der Waals surface area contributed by atoms with Crippen LogP contribution in [0.4, 0.5) is 10.1 Å². The van der Waals surface area contributed by atoms with Gasteiger partial charge in [-0.05, 0) is 30.0 Å². The third-order valence-electron chi connectivity index (χ3n) is 2.75. The van der Waals surface area contributed by atoms with Crippen molar-refractivity contribution in [1.29, 1.82) is 0 Å². The molecule has 0 aliphatic rings. The summed E-state index contributed by atoms with van der Waals surface area (Å²) in [5.74, 6) is -0.0580. The second kappa shape index (κ2) is 4.47. The number of fused-ring (bicyclic) bond motifs is 1. The molecule has 3 rings (SSSR count). The lowest BCUT2D eigenvalue weighted by Gasteiger charge is -2.08. The first-order chi connectivity index (χ1) is 9.15. The molecule has 0 atom stereocenters. The third-order valence-corrected chi connectivity index (χ3v) is 3.57. The topological polar surface area (TPSA) is 61.0 Å². The molecule has 1 aromatic carbocycles. The van der Waals surface area contributed by atoms with Crippen molar-refractivity contribution in [1.82, 2.24) is 9.97 Å². The van der Waals surface area contributed by atoms with Gasteiger partial charge in [0.25, 0.3) is 0 Å². The van der Waals surface area contributed by atoms with Gasteiger partial charge in [-0.25, -0.2) is 14.4 Å². The number of nitrogens with two attached hydrogens (primary N) is 1. The van der Waals surface area contributed by atoms with Crippen LogP contribution in [0.3, 0.4) is 0 Å². The number of rotatable bonds is 2. The molecule has 2 aromatic heterocycles. The maximum Gasteiger partial charge on any atom is 0.231 e. The number of anilines is 1. The third kappa shape index (κ3) is 2.10. The van der Waals surface area contributed by atoms with E-state index in [-0.39, 0.29) is 5.75 Å². The average Bonchev–Trinajstić information content (AvgIpc) is 2.85. The van der Waals surface area contributed by atoms with Crippen LogP contribution in [0.5, 0.6) is 11.6 Å². The van der Waals surface area contributed by atoms with Gasteiger partial charge in [-0.2, -0.15) is 0 Å². The molecule has 0 amide bonds. The number of benzene rings is 1. The first kappa shape index (κ1) is 11.9. The van der Waals surface area contributed by atoms with Crippen LogP contribution >= 0.6 is 11.3 Å². The normalized spacial score (nSPS) is 10.8. The highest BCUT2D eigenvalue weighted by Gasteiger charge is 2.11. The van der Waals surface area contributed by atoms with Crippen molar-refractivity contribution in [3.63, 3.8) is 0 Å². The van der Waals surface area contributed by atoms with Crippen molar-refractivity contribution in [2.45, 2.75) is 6.92 Å². The zero-order valence-electron chi connectivity index (χ0n) is 10.1. The molecule has 96 valence electrons. The number of halogens is 1. The minimum Gasteiger partial charge on any atom is -0.435 e. The molecule has 0 unspecified atom stereocenters. The molecule has 0 saturated heterocycles. The van der Waals surface area contributed by atoms with Gasteiger partial charge in [0.05, 0.1) is 5.39 Å². The van der Waals surface area contributed by atoms with Crippen molar-refractivity contribution in [3.8, 4) is 11.6 Å². The van der Waals surface area contributed by atoms with Crippen molar-refractivity contribution < 1.29 is 9.13 Å². The van der Waals surface area contributed by atoms with E-state index in [0.29, 0.717) is 11.6 Å². The lowest BCUT2D eigenvalue weighted by atomic mass is 10.2. The van der Waals surface area contributed by atoms with Crippen LogP contribution in [0.25, 0.3) is 10.2 Å². The molecule has 0 radical (unpaired) electrons. The standard InChI is InChI=1S/C13H10FN3OS/c1-7-4-11(9(14)5-10(7)15)18-12-8-2-3-19-13(8)17-6-16-12/h2-6H,15H2,1H3. The monoisotopic (exact) mass is 275 g/mol. The Morgan fingerprint density at radius 1 is 1.32 bits per heavy atom. The van der Waals surface area contributed by atoms with Gasteiger partial charge >= 0.3 is 0 Å². The number of aryl methyl sites for hydroxylation is 1. The fourth-order valence-electron chi connectivity index (χ4n) is 1.70. The Labute approximate surface area is 112 Å². The second-order valence-electron chi connectivity index (χ2n) is 4.06. The van der Waals surface area contributed by atoms with E-state index in [4.69, 9.17) is 10.5 Å². The van der Waals surface area contributed by atoms with Gasteiger partial charge in [0.15, 0.2) is 11.6 Å². The quantitative estimate of drug-likeness (QED) is 0.727. The molecule has 19 heavy (non-hydrogen) atoms. The molecule has 3 aromatic rings. The predicted molar refractivity (Wildman–Crippen MR) is 73.0 cm³/mol. The van der Waals surface area contributed by atoms with E-state index >= 15 is 0 Å². The van der Waals surface area contributed by atoms with Gasteiger partial charge in [-0.15, -0.1) is 11.3 Å². The van der Waals surface area contributed by atoms with Crippen LogP contribution in [0.2, 0.25) is 0 Å². The fourth-order valence-corrected chi connectivity index (χ4v) is 2.42. The summed E-state index contributed by atoms with van der Waals surface area (Å²) in [5.41, 5.74) is 6.79.